The Kier molecular flexibility index (Phi) is 5.88. The number of nitro benzene ring substituents is 1. The Morgan fingerprint density at radius 1 is 1.22 bits per heavy atom. The summed E-state index contributed by atoms with van der Waals surface area (Å²) >= 11 is 6.33. The van der Waals surface area contributed by atoms with Gasteiger partial charge in [-0.2, -0.15) is 0 Å². The standard InChI is InChI=1S/C23H21ClN2O6/c1-2-32-20-10-13(8-18(23(20)29)26(30)31)15-11-21(28)25-17-7-12(9-19(27)22(15)17)14-5-3-4-6-16(14)24/h3-6,8,10,12,15,29H,2,7,9,11H2,1H3,(H,25,28)/t12-,15-/m0/s1. The molecule has 0 spiro atoms. The minimum atomic E-state index is -0.713. The maximum atomic E-state index is 13.2. The van der Waals surface area contributed by atoms with Gasteiger partial charge in [0.2, 0.25) is 11.7 Å². The Balaban J connectivity index is 1.79. The van der Waals surface area contributed by atoms with Gasteiger partial charge >= 0.3 is 5.69 Å². The molecule has 1 aliphatic heterocycles. The second-order valence-electron chi connectivity index (χ2n) is 7.82. The number of nitro groups is 1. The highest BCUT2D eigenvalue weighted by Gasteiger charge is 2.39. The number of carbonyl (C=O) groups excluding carboxylic acids is 2. The third kappa shape index (κ3) is 3.93. The summed E-state index contributed by atoms with van der Waals surface area (Å²) in [5, 5.41) is 25.1. The van der Waals surface area contributed by atoms with E-state index < -0.39 is 22.3 Å². The second kappa shape index (κ2) is 8.63. The fourth-order valence-corrected chi connectivity index (χ4v) is 4.78. The average molecular weight is 457 g/mol. The zero-order valence-electron chi connectivity index (χ0n) is 17.3. The highest BCUT2D eigenvalue weighted by molar-refractivity contribution is 6.31. The van der Waals surface area contributed by atoms with Gasteiger partial charge in [0.25, 0.3) is 0 Å². The topological polar surface area (TPSA) is 119 Å². The summed E-state index contributed by atoms with van der Waals surface area (Å²) in [6, 6.07) is 9.96. The normalized spacial score (nSPS) is 20.6. The van der Waals surface area contributed by atoms with E-state index in [4.69, 9.17) is 16.3 Å². The molecule has 1 amide bonds. The molecule has 1 heterocycles. The molecule has 0 bridgehead atoms. The third-order valence-corrected chi connectivity index (χ3v) is 6.20. The van der Waals surface area contributed by atoms with E-state index in [9.17, 15) is 24.8 Å². The van der Waals surface area contributed by atoms with Crippen molar-refractivity contribution in [1.82, 2.24) is 5.32 Å². The Morgan fingerprint density at radius 3 is 2.66 bits per heavy atom. The van der Waals surface area contributed by atoms with Crippen molar-refractivity contribution in [2.75, 3.05) is 6.61 Å². The van der Waals surface area contributed by atoms with Gasteiger partial charge in [0.05, 0.1) is 11.5 Å². The molecule has 0 unspecified atom stereocenters. The number of benzene rings is 2. The Labute approximate surface area is 189 Å². The van der Waals surface area contributed by atoms with Crippen LogP contribution in [0.25, 0.3) is 0 Å². The fraction of sp³-hybridized carbons (Fsp3) is 0.304. The number of hydrogen-bond donors (Lipinski definition) is 2. The lowest BCUT2D eigenvalue weighted by atomic mass is 9.73. The van der Waals surface area contributed by atoms with Crippen molar-refractivity contribution >= 4 is 29.0 Å². The Morgan fingerprint density at radius 2 is 1.97 bits per heavy atom. The molecule has 166 valence electrons. The van der Waals surface area contributed by atoms with Gasteiger partial charge in [0.15, 0.2) is 11.5 Å². The molecular formula is C23H21ClN2O6. The van der Waals surface area contributed by atoms with E-state index in [0.717, 1.165) is 5.56 Å². The monoisotopic (exact) mass is 456 g/mol. The van der Waals surface area contributed by atoms with Gasteiger partial charge in [-0.15, -0.1) is 0 Å². The molecule has 0 saturated carbocycles. The number of phenols is 1. The number of nitrogens with zero attached hydrogens (tertiary/aromatic N) is 1. The number of ketones is 1. The van der Waals surface area contributed by atoms with Gasteiger partial charge < -0.3 is 15.2 Å². The van der Waals surface area contributed by atoms with Crippen LogP contribution in [0.1, 0.15) is 49.1 Å². The molecule has 0 fully saturated rings. The van der Waals surface area contributed by atoms with Crippen LogP contribution >= 0.6 is 11.6 Å². The van der Waals surface area contributed by atoms with Crippen molar-refractivity contribution in [2.45, 2.75) is 38.0 Å². The largest absolute Gasteiger partial charge is 0.500 e. The first-order chi connectivity index (χ1) is 15.3. The first-order valence-electron chi connectivity index (χ1n) is 10.2. The number of carbonyl (C=O) groups is 2. The summed E-state index contributed by atoms with van der Waals surface area (Å²) in [5.74, 6) is -1.91. The van der Waals surface area contributed by atoms with Gasteiger partial charge in [-0.25, -0.2) is 0 Å². The zero-order chi connectivity index (χ0) is 23.0. The number of aromatic hydroxyl groups is 1. The van der Waals surface area contributed by atoms with Gasteiger partial charge in [0, 0.05) is 41.1 Å². The minimum absolute atomic E-state index is 0.0329. The minimum Gasteiger partial charge on any atom is -0.500 e. The number of ether oxygens (including phenoxy) is 1. The van der Waals surface area contributed by atoms with Crippen LogP contribution in [0.5, 0.6) is 11.5 Å². The van der Waals surface area contributed by atoms with Crippen LogP contribution < -0.4 is 10.1 Å². The molecule has 0 saturated heterocycles. The molecule has 1 aliphatic carbocycles. The van der Waals surface area contributed by atoms with Crippen LogP contribution in [0.15, 0.2) is 47.7 Å². The van der Waals surface area contributed by atoms with E-state index in [-0.39, 0.29) is 42.8 Å². The molecule has 32 heavy (non-hydrogen) atoms. The van der Waals surface area contributed by atoms with E-state index >= 15 is 0 Å². The molecule has 2 atom stereocenters. The van der Waals surface area contributed by atoms with Crippen molar-refractivity contribution in [1.29, 1.82) is 0 Å². The lowest BCUT2D eigenvalue weighted by Gasteiger charge is -2.34. The summed E-state index contributed by atoms with van der Waals surface area (Å²) < 4.78 is 5.37. The Bertz CT molecular complexity index is 1160. The number of phenolic OH excluding ortho intramolecular Hbond substituents is 1. The van der Waals surface area contributed by atoms with E-state index in [1.807, 2.05) is 18.2 Å². The van der Waals surface area contributed by atoms with Crippen molar-refractivity contribution in [3.63, 3.8) is 0 Å². The van der Waals surface area contributed by atoms with E-state index in [1.54, 1.807) is 13.0 Å². The molecule has 2 aromatic carbocycles. The van der Waals surface area contributed by atoms with Crippen LogP contribution in [-0.4, -0.2) is 28.3 Å². The molecule has 2 N–H and O–H groups in total. The highest BCUT2D eigenvalue weighted by atomic mass is 35.5. The summed E-state index contributed by atoms with van der Waals surface area (Å²) in [6.45, 7) is 1.87. The van der Waals surface area contributed by atoms with Gasteiger partial charge in [-0.05, 0) is 42.5 Å². The first kappa shape index (κ1) is 21.8. The predicted molar refractivity (Wildman–Crippen MR) is 117 cm³/mol. The van der Waals surface area contributed by atoms with Crippen LogP contribution in [0.2, 0.25) is 5.02 Å². The maximum Gasteiger partial charge on any atom is 0.314 e. The highest BCUT2D eigenvalue weighted by Crippen LogP contribution is 2.46. The van der Waals surface area contributed by atoms with Crippen molar-refractivity contribution in [3.05, 3.63) is 73.9 Å². The number of rotatable bonds is 5. The lowest BCUT2D eigenvalue weighted by molar-refractivity contribution is -0.386. The maximum absolute atomic E-state index is 13.2. The van der Waals surface area contributed by atoms with Gasteiger partial charge in [-0.3, -0.25) is 19.7 Å². The molecule has 2 aromatic rings. The SMILES string of the molecule is CCOc1cc([C@@H]2CC(=O)NC3=C2C(=O)C[C@@H](c2ccccc2Cl)C3)cc([N+](=O)[O-])c1O. The molecule has 8 nitrogen and oxygen atoms in total. The molecular weight excluding hydrogens is 436 g/mol. The number of amides is 1. The second-order valence-corrected chi connectivity index (χ2v) is 8.23. The van der Waals surface area contributed by atoms with E-state index in [0.29, 0.717) is 28.3 Å². The number of allylic oxidation sites excluding steroid dienone is 2. The number of Topliss-reactive ketones (excluding diaryl/α,β-unsaturated/α-hetero) is 1. The molecule has 4 rings (SSSR count). The van der Waals surface area contributed by atoms with Crippen LogP contribution in [0, 0.1) is 10.1 Å². The van der Waals surface area contributed by atoms with Gasteiger partial charge in [0.1, 0.15) is 0 Å². The third-order valence-electron chi connectivity index (χ3n) is 5.86. The number of hydrogen-bond acceptors (Lipinski definition) is 6. The van der Waals surface area contributed by atoms with E-state index in [2.05, 4.69) is 5.32 Å². The molecule has 0 aromatic heterocycles. The molecule has 2 aliphatic rings. The average Bonchev–Trinajstić information content (AvgIpc) is 2.74. The number of nitrogens with one attached hydrogen (secondary N) is 1. The molecule has 0 radical (unpaired) electrons. The fourth-order valence-electron chi connectivity index (χ4n) is 4.49. The van der Waals surface area contributed by atoms with Crippen molar-refractivity contribution in [2.24, 2.45) is 0 Å². The van der Waals surface area contributed by atoms with Crippen LogP contribution in [-0.2, 0) is 9.59 Å². The van der Waals surface area contributed by atoms with Crippen LogP contribution in [0.3, 0.4) is 0 Å². The number of halogens is 1. The van der Waals surface area contributed by atoms with Crippen LogP contribution in [0.4, 0.5) is 5.69 Å². The zero-order valence-corrected chi connectivity index (χ0v) is 18.0. The van der Waals surface area contributed by atoms with Gasteiger partial charge in [-0.1, -0.05) is 29.8 Å². The molecule has 9 heteroatoms. The summed E-state index contributed by atoms with van der Waals surface area (Å²) in [7, 11) is 0. The first-order valence-corrected chi connectivity index (χ1v) is 10.6. The van der Waals surface area contributed by atoms with Crippen molar-refractivity contribution in [3.8, 4) is 11.5 Å². The summed E-state index contributed by atoms with van der Waals surface area (Å²) in [4.78, 5) is 36.5. The quantitative estimate of drug-likeness (QED) is 0.509. The Hall–Kier alpha value is -3.39. The summed E-state index contributed by atoms with van der Waals surface area (Å²) in [5.41, 5.74) is 1.64. The van der Waals surface area contributed by atoms with Crippen molar-refractivity contribution < 1.29 is 24.4 Å². The summed E-state index contributed by atoms with van der Waals surface area (Å²) in [6.07, 6.45) is 0.605. The predicted octanol–water partition coefficient (Wildman–Crippen LogP) is 4.36. The van der Waals surface area contributed by atoms with E-state index in [1.165, 1.54) is 12.1 Å². The lowest BCUT2D eigenvalue weighted by Crippen LogP contribution is -2.38. The smallest absolute Gasteiger partial charge is 0.314 e.